The summed E-state index contributed by atoms with van der Waals surface area (Å²) in [7, 11) is 3.44. The van der Waals surface area contributed by atoms with Crippen LogP contribution in [0.5, 0.6) is 0 Å². The Morgan fingerprint density at radius 1 is 1.29 bits per heavy atom. The number of nitrogens with one attached hydrogen (secondary N) is 1. The molecule has 0 saturated heterocycles. The van der Waals surface area contributed by atoms with Gasteiger partial charge in [-0.2, -0.15) is 0 Å². The van der Waals surface area contributed by atoms with Crippen molar-refractivity contribution >= 4 is 46.1 Å². The highest BCUT2D eigenvalue weighted by molar-refractivity contribution is 7.14. The van der Waals surface area contributed by atoms with Gasteiger partial charge in [-0.15, -0.1) is 11.3 Å². The van der Waals surface area contributed by atoms with Gasteiger partial charge in [0.15, 0.2) is 0 Å². The molecule has 0 bridgehead atoms. The SMILES string of the molecule is CC(Nc1cc(C(=O)N(C)C)ccc1Cl)c1csc(Cl)c1. The molecule has 0 aliphatic rings. The van der Waals surface area contributed by atoms with Crippen LogP contribution in [0, 0.1) is 0 Å². The number of rotatable bonds is 4. The summed E-state index contributed by atoms with van der Waals surface area (Å²) in [6, 6.07) is 7.20. The van der Waals surface area contributed by atoms with Crippen molar-refractivity contribution in [2.75, 3.05) is 19.4 Å². The fourth-order valence-electron chi connectivity index (χ4n) is 1.89. The maximum absolute atomic E-state index is 12.0. The number of anilines is 1. The molecule has 3 nitrogen and oxygen atoms in total. The smallest absolute Gasteiger partial charge is 0.253 e. The molecule has 2 aromatic rings. The summed E-state index contributed by atoms with van der Waals surface area (Å²) in [5, 5.41) is 5.90. The normalized spacial score (nSPS) is 12.0. The third-order valence-electron chi connectivity index (χ3n) is 3.08. The summed E-state index contributed by atoms with van der Waals surface area (Å²) in [4.78, 5) is 13.5. The van der Waals surface area contributed by atoms with Crippen molar-refractivity contribution in [3.8, 4) is 0 Å². The van der Waals surface area contributed by atoms with Crippen LogP contribution in [0.2, 0.25) is 9.36 Å². The molecule has 0 fully saturated rings. The predicted octanol–water partition coefficient (Wildman–Crippen LogP) is 4.93. The molecule has 1 aromatic heterocycles. The van der Waals surface area contributed by atoms with E-state index in [9.17, 15) is 4.79 Å². The molecule has 1 unspecified atom stereocenters. The average Bonchev–Trinajstić information content (AvgIpc) is 2.87. The molecule has 1 aromatic carbocycles. The molecular formula is C15H16Cl2N2OS. The van der Waals surface area contributed by atoms with Crippen molar-refractivity contribution < 1.29 is 4.79 Å². The van der Waals surface area contributed by atoms with Gasteiger partial charge in [0.25, 0.3) is 5.91 Å². The minimum Gasteiger partial charge on any atom is -0.377 e. The number of carbonyl (C=O) groups excluding carboxylic acids is 1. The monoisotopic (exact) mass is 342 g/mol. The molecule has 0 radical (unpaired) electrons. The lowest BCUT2D eigenvalue weighted by Gasteiger charge is -2.17. The Balaban J connectivity index is 2.23. The van der Waals surface area contributed by atoms with Crippen molar-refractivity contribution in [1.82, 2.24) is 4.90 Å². The van der Waals surface area contributed by atoms with Gasteiger partial charge < -0.3 is 10.2 Å². The summed E-state index contributed by atoms with van der Waals surface area (Å²) in [5.74, 6) is -0.0547. The Kier molecular flexibility index (Phi) is 5.14. The Bertz CT molecular complexity index is 655. The van der Waals surface area contributed by atoms with E-state index in [0.717, 1.165) is 15.6 Å². The van der Waals surface area contributed by atoms with Crippen molar-refractivity contribution in [2.24, 2.45) is 0 Å². The first-order valence-electron chi connectivity index (χ1n) is 6.40. The highest BCUT2D eigenvalue weighted by Crippen LogP contribution is 2.30. The Labute approximate surface area is 138 Å². The van der Waals surface area contributed by atoms with E-state index in [1.165, 1.54) is 16.2 Å². The molecule has 0 aliphatic heterocycles. The van der Waals surface area contributed by atoms with Gasteiger partial charge in [-0.1, -0.05) is 23.2 Å². The van der Waals surface area contributed by atoms with Gasteiger partial charge in [-0.25, -0.2) is 0 Å². The van der Waals surface area contributed by atoms with E-state index in [1.807, 2.05) is 18.4 Å². The lowest BCUT2D eigenvalue weighted by atomic mass is 10.1. The quantitative estimate of drug-likeness (QED) is 0.854. The van der Waals surface area contributed by atoms with Crippen LogP contribution in [-0.2, 0) is 0 Å². The lowest BCUT2D eigenvalue weighted by molar-refractivity contribution is 0.0827. The van der Waals surface area contributed by atoms with Crippen molar-refractivity contribution in [2.45, 2.75) is 13.0 Å². The maximum atomic E-state index is 12.0. The molecule has 21 heavy (non-hydrogen) atoms. The Morgan fingerprint density at radius 3 is 2.57 bits per heavy atom. The van der Waals surface area contributed by atoms with E-state index in [1.54, 1.807) is 32.3 Å². The molecule has 112 valence electrons. The van der Waals surface area contributed by atoms with Crippen LogP contribution in [-0.4, -0.2) is 24.9 Å². The summed E-state index contributed by atoms with van der Waals surface area (Å²) in [6.07, 6.45) is 0. The molecular weight excluding hydrogens is 327 g/mol. The average molecular weight is 343 g/mol. The number of hydrogen-bond acceptors (Lipinski definition) is 3. The van der Waals surface area contributed by atoms with Gasteiger partial charge in [0.05, 0.1) is 15.0 Å². The number of carbonyl (C=O) groups is 1. The molecule has 0 saturated carbocycles. The number of halogens is 2. The van der Waals surface area contributed by atoms with Crippen molar-refractivity contribution in [1.29, 1.82) is 0 Å². The van der Waals surface area contributed by atoms with Crippen molar-refractivity contribution in [3.63, 3.8) is 0 Å². The summed E-state index contributed by atoms with van der Waals surface area (Å²) < 4.78 is 0.751. The predicted molar refractivity (Wildman–Crippen MR) is 90.8 cm³/mol. The number of hydrogen-bond donors (Lipinski definition) is 1. The standard InChI is InChI=1S/C15H16Cl2N2OS/c1-9(11-7-14(17)21-8-11)18-13-6-10(4-5-12(13)16)15(20)19(2)3/h4-9,18H,1-3H3. The first-order valence-corrected chi connectivity index (χ1v) is 8.03. The molecule has 1 heterocycles. The third-order valence-corrected chi connectivity index (χ3v) is 4.52. The number of nitrogens with zero attached hydrogens (tertiary/aromatic N) is 1. The summed E-state index contributed by atoms with van der Waals surface area (Å²) in [5.41, 5.74) is 2.42. The van der Waals surface area contributed by atoms with Gasteiger partial charge >= 0.3 is 0 Å². The third kappa shape index (κ3) is 3.90. The Morgan fingerprint density at radius 2 is 2.00 bits per heavy atom. The topological polar surface area (TPSA) is 32.3 Å². The van der Waals surface area contributed by atoms with Crippen molar-refractivity contribution in [3.05, 3.63) is 50.1 Å². The second-order valence-corrected chi connectivity index (χ2v) is 6.89. The molecule has 1 N–H and O–H groups in total. The van der Waals surface area contributed by atoms with E-state index >= 15 is 0 Å². The Hall–Kier alpha value is -1.23. The van der Waals surface area contributed by atoms with Crippen LogP contribution in [0.1, 0.15) is 28.9 Å². The van der Waals surface area contributed by atoms with Gasteiger partial charge in [-0.05, 0) is 42.1 Å². The van der Waals surface area contributed by atoms with Crippen LogP contribution < -0.4 is 5.32 Å². The second kappa shape index (κ2) is 6.69. The number of thiophene rings is 1. The first kappa shape index (κ1) is 16.1. The lowest BCUT2D eigenvalue weighted by Crippen LogP contribution is -2.21. The molecule has 0 spiro atoms. The first-order chi connectivity index (χ1) is 9.88. The van der Waals surface area contributed by atoms with Crippen LogP contribution in [0.25, 0.3) is 0 Å². The highest BCUT2D eigenvalue weighted by atomic mass is 35.5. The molecule has 2 rings (SSSR count). The van der Waals surface area contributed by atoms with Crippen LogP contribution in [0.4, 0.5) is 5.69 Å². The van der Waals surface area contributed by atoms with Crippen LogP contribution in [0.3, 0.4) is 0 Å². The highest BCUT2D eigenvalue weighted by Gasteiger charge is 2.13. The van der Waals surface area contributed by atoms with Gasteiger partial charge in [0.1, 0.15) is 0 Å². The number of benzene rings is 1. The minimum atomic E-state index is -0.0547. The fourth-order valence-corrected chi connectivity index (χ4v) is 3.05. The summed E-state index contributed by atoms with van der Waals surface area (Å²) >= 11 is 13.7. The van der Waals surface area contributed by atoms with E-state index in [0.29, 0.717) is 10.6 Å². The van der Waals surface area contributed by atoms with E-state index < -0.39 is 0 Å². The molecule has 1 atom stereocenters. The number of amides is 1. The second-order valence-electron chi connectivity index (χ2n) is 4.94. The zero-order chi connectivity index (χ0) is 15.6. The molecule has 0 aliphatic carbocycles. The van der Waals surface area contributed by atoms with Gasteiger partial charge in [0.2, 0.25) is 0 Å². The fraction of sp³-hybridized carbons (Fsp3) is 0.267. The van der Waals surface area contributed by atoms with Crippen LogP contribution in [0.15, 0.2) is 29.6 Å². The zero-order valence-electron chi connectivity index (χ0n) is 12.0. The molecule has 6 heteroatoms. The van der Waals surface area contributed by atoms with Crippen LogP contribution >= 0.6 is 34.5 Å². The van der Waals surface area contributed by atoms with E-state index in [-0.39, 0.29) is 11.9 Å². The summed E-state index contributed by atoms with van der Waals surface area (Å²) in [6.45, 7) is 2.02. The molecule has 1 amide bonds. The minimum absolute atomic E-state index is 0.0518. The maximum Gasteiger partial charge on any atom is 0.253 e. The van der Waals surface area contributed by atoms with E-state index in [2.05, 4.69) is 5.32 Å². The largest absolute Gasteiger partial charge is 0.377 e. The zero-order valence-corrected chi connectivity index (χ0v) is 14.3. The van der Waals surface area contributed by atoms with Gasteiger partial charge in [-0.3, -0.25) is 4.79 Å². The van der Waals surface area contributed by atoms with Gasteiger partial charge in [0, 0.05) is 25.7 Å². The van der Waals surface area contributed by atoms with E-state index in [4.69, 9.17) is 23.2 Å².